The van der Waals surface area contributed by atoms with Gasteiger partial charge in [0.25, 0.3) is 0 Å². The molecule has 0 aromatic heterocycles. The summed E-state index contributed by atoms with van der Waals surface area (Å²) in [6, 6.07) is 0. The highest BCUT2D eigenvalue weighted by molar-refractivity contribution is 5.72. The van der Waals surface area contributed by atoms with Crippen molar-refractivity contribution in [2.24, 2.45) is 0 Å². The van der Waals surface area contributed by atoms with Gasteiger partial charge in [0.1, 0.15) is 0 Å². The third-order valence-corrected chi connectivity index (χ3v) is 2.23. The number of aliphatic hydroxyl groups excluding tert-OH is 1. The summed E-state index contributed by atoms with van der Waals surface area (Å²) in [5, 5.41) is 34.7. The number of carboxylic acid groups (broad SMARTS) is 3. The third kappa shape index (κ3) is 11.3. The van der Waals surface area contributed by atoms with Crippen LogP contribution in [-0.4, -0.2) is 94.0 Å². The third-order valence-electron chi connectivity index (χ3n) is 2.23. The number of aliphatic hydroxyl groups is 1. The Labute approximate surface area is 115 Å². The Hall–Kier alpha value is -1.75. The van der Waals surface area contributed by atoms with Crippen LogP contribution in [0.15, 0.2) is 0 Å². The van der Waals surface area contributed by atoms with Crippen LogP contribution in [0, 0.1) is 0 Å². The van der Waals surface area contributed by atoms with E-state index >= 15 is 0 Å². The van der Waals surface area contributed by atoms with Crippen molar-refractivity contribution >= 4 is 17.9 Å². The van der Waals surface area contributed by atoms with Crippen LogP contribution in [0.25, 0.3) is 0 Å². The fourth-order valence-corrected chi connectivity index (χ4v) is 1.48. The van der Waals surface area contributed by atoms with Gasteiger partial charge in [0.05, 0.1) is 26.2 Å². The van der Waals surface area contributed by atoms with E-state index in [4.69, 9.17) is 20.4 Å². The molecule has 118 valence electrons. The Kier molecular flexibility index (Phi) is 11.4. The number of hydrogen-bond donors (Lipinski definition) is 5. The highest BCUT2D eigenvalue weighted by atomic mass is 16.4. The first-order chi connectivity index (χ1) is 8.85. The minimum absolute atomic E-state index is 0. The van der Waals surface area contributed by atoms with Crippen molar-refractivity contribution < 1.29 is 34.8 Å². The van der Waals surface area contributed by atoms with E-state index in [1.54, 1.807) is 0 Å². The lowest BCUT2D eigenvalue weighted by Crippen LogP contribution is -2.42. The average Bonchev–Trinajstić information content (AvgIpc) is 2.23. The second-order valence-electron chi connectivity index (χ2n) is 3.89. The molecule has 0 bridgehead atoms. The second kappa shape index (κ2) is 11.1. The van der Waals surface area contributed by atoms with Gasteiger partial charge >= 0.3 is 17.9 Å². The van der Waals surface area contributed by atoms with Gasteiger partial charge in [-0.05, 0) is 0 Å². The predicted molar refractivity (Wildman–Crippen MR) is 67.9 cm³/mol. The van der Waals surface area contributed by atoms with Crippen LogP contribution >= 0.6 is 0 Å². The van der Waals surface area contributed by atoms with Gasteiger partial charge in [-0.25, -0.2) is 0 Å². The lowest BCUT2D eigenvalue weighted by Gasteiger charge is -2.24. The molecule has 20 heavy (non-hydrogen) atoms. The summed E-state index contributed by atoms with van der Waals surface area (Å²) in [6.45, 7) is -1.03. The van der Waals surface area contributed by atoms with E-state index in [9.17, 15) is 14.4 Å². The summed E-state index contributed by atoms with van der Waals surface area (Å²) >= 11 is 0. The van der Waals surface area contributed by atoms with Crippen LogP contribution in [0.1, 0.15) is 0 Å². The molecule has 0 aliphatic rings. The van der Waals surface area contributed by atoms with E-state index in [0.717, 1.165) is 0 Å². The van der Waals surface area contributed by atoms with Gasteiger partial charge in [0.2, 0.25) is 0 Å². The maximum absolute atomic E-state index is 10.6. The number of carboxylic acids is 3. The summed E-state index contributed by atoms with van der Waals surface area (Å²) in [5.74, 6) is -3.39. The highest BCUT2D eigenvalue weighted by Crippen LogP contribution is 1.93. The lowest BCUT2D eigenvalue weighted by atomic mass is 10.4. The Morgan fingerprint density at radius 1 is 0.700 bits per heavy atom. The van der Waals surface area contributed by atoms with E-state index in [2.05, 4.69) is 0 Å². The topological polar surface area (TPSA) is 174 Å². The Morgan fingerprint density at radius 3 is 1.40 bits per heavy atom. The van der Waals surface area contributed by atoms with E-state index in [1.165, 1.54) is 9.80 Å². The predicted octanol–water partition coefficient (Wildman–Crippen LogP) is -2.00. The first-order valence-electron chi connectivity index (χ1n) is 5.56. The van der Waals surface area contributed by atoms with Crippen molar-refractivity contribution in [1.29, 1.82) is 0 Å². The molecule has 10 heteroatoms. The summed E-state index contributed by atoms with van der Waals surface area (Å²) < 4.78 is 0. The largest absolute Gasteiger partial charge is 0.480 e. The first kappa shape index (κ1) is 20.6. The molecule has 7 N–H and O–H groups in total. The molecule has 0 unspecified atom stereocenters. The SMILES string of the molecule is N.O=C(O)CN(CCO)CCN(CC(=O)O)CC(=O)O. The average molecular weight is 295 g/mol. The highest BCUT2D eigenvalue weighted by Gasteiger charge is 2.16. The summed E-state index contributed by atoms with van der Waals surface area (Å²) in [4.78, 5) is 34.3. The fraction of sp³-hybridized carbons (Fsp3) is 0.700. The summed E-state index contributed by atoms with van der Waals surface area (Å²) in [7, 11) is 0. The molecule has 0 aromatic carbocycles. The van der Waals surface area contributed by atoms with Crippen LogP contribution in [0.3, 0.4) is 0 Å². The maximum atomic E-state index is 10.6. The van der Waals surface area contributed by atoms with Crippen molar-refractivity contribution in [1.82, 2.24) is 16.0 Å². The summed E-state index contributed by atoms with van der Waals surface area (Å²) in [6.07, 6.45) is 0. The molecule has 0 rings (SSSR count). The number of carbonyl (C=O) groups is 3. The number of rotatable bonds is 11. The van der Waals surface area contributed by atoms with Crippen molar-refractivity contribution in [3.05, 3.63) is 0 Å². The van der Waals surface area contributed by atoms with E-state index in [0.29, 0.717) is 0 Å². The molecular weight excluding hydrogens is 274 g/mol. The quantitative estimate of drug-likeness (QED) is 0.286. The van der Waals surface area contributed by atoms with Gasteiger partial charge in [0, 0.05) is 19.6 Å². The van der Waals surface area contributed by atoms with Crippen LogP contribution in [0.5, 0.6) is 0 Å². The molecule has 0 spiro atoms. The smallest absolute Gasteiger partial charge is 0.317 e. The zero-order chi connectivity index (χ0) is 14.8. The van der Waals surface area contributed by atoms with Crippen molar-refractivity contribution in [2.75, 3.05) is 45.9 Å². The van der Waals surface area contributed by atoms with Crippen LogP contribution in [0.2, 0.25) is 0 Å². The van der Waals surface area contributed by atoms with Gasteiger partial charge in [-0.1, -0.05) is 0 Å². The summed E-state index contributed by atoms with van der Waals surface area (Å²) in [5.41, 5.74) is 0. The van der Waals surface area contributed by atoms with E-state index in [1.807, 2.05) is 0 Å². The van der Waals surface area contributed by atoms with Gasteiger partial charge in [0.15, 0.2) is 0 Å². The van der Waals surface area contributed by atoms with Crippen molar-refractivity contribution in [2.45, 2.75) is 0 Å². The standard InChI is InChI=1S/C10H18N2O7.H3N/c13-4-3-11(5-8(14)15)1-2-12(6-9(16)17)7-10(18)19;/h13H,1-7H2,(H,14,15)(H,16,17)(H,18,19);1H3. The van der Waals surface area contributed by atoms with Crippen molar-refractivity contribution in [3.8, 4) is 0 Å². The molecule has 0 saturated carbocycles. The Bertz CT molecular complexity index is 308. The molecule has 0 aliphatic heterocycles. The van der Waals surface area contributed by atoms with Gasteiger partial charge in [-0.2, -0.15) is 0 Å². The molecule has 0 amide bonds. The molecule has 0 fully saturated rings. The van der Waals surface area contributed by atoms with Crippen LogP contribution < -0.4 is 6.15 Å². The molecular formula is C10H21N3O7. The van der Waals surface area contributed by atoms with Crippen LogP contribution in [-0.2, 0) is 14.4 Å². The molecule has 0 saturated heterocycles. The van der Waals surface area contributed by atoms with E-state index in [-0.39, 0.29) is 38.9 Å². The second-order valence-corrected chi connectivity index (χ2v) is 3.89. The first-order valence-corrected chi connectivity index (χ1v) is 5.56. The lowest BCUT2D eigenvalue weighted by molar-refractivity contribution is -0.143. The molecule has 0 aliphatic carbocycles. The minimum Gasteiger partial charge on any atom is -0.480 e. The normalized spacial score (nSPS) is 10.3. The Morgan fingerprint density at radius 2 is 1.05 bits per heavy atom. The zero-order valence-corrected chi connectivity index (χ0v) is 11.1. The zero-order valence-electron chi connectivity index (χ0n) is 11.1. The van der Waals surface area contributed by atoms with Gasteiger partial charge < -0.3 is 26.6 Å². The van der Waals surface area contributed by atoms with Crippen molar-refractivity contribution in [3.63, 3.8) is 0 Å². The van der Waals surface area contributed by atoms with Crippen LogP contribution in [0.4, 0.5) is 0 Å². The number of aliphatic carboxylic acids is 3. The molecule has 0 heterocycles. The number of hydrogen-bond acceptors (Lipinski definition) is 7. The minimum atomic E-state index is -1.16. The fourth-order valence-electron chi connectivity index (χ4n) is 1.48. The monoisotopic (exact) mass is 295 g/mol. The molecule has 0 radical (unpaired) electrons. The maximum Gasteiger partial charge on any atom is 0.317 e. The number of nitrogens with zero attached hydrogens (tertiary/aromatic N) is 2. The van der Waals surface area contributed by atoms with Gasteiger partial charge in [-0.15, -0.1) is 0 Å². The molecule has 0 aromatic rings. The van der Waals surface area contributed by atoms with Gasteiger partial charge in [-0.3, -0.25) is 24.2 Å². The molecule has 0 atom stereocenters. The Balaban J connectivity index is 0. The van der Waals surface area contributed by atoms with E-state index < -0.39 is 31.0 Å². The molecule has 10 nitrogen and oxygen atoms in total.